The Morgan fingerprint density at radius 1 is 1.58 bits per heavy atom. The Morgan fingerprint density at radius 2 is 2.33 bits per heavy atom. The highest BCUT2D eigenvalue weighted by Gasteiger charge is 2.06. The molecular weight excluding hydrogens is 239 g/mol. The molecule has 12 heavy (non-hydrogen) atoms. The molecule has 0 aliphatic carbocycles. The van der Waals surface area contributed by atoms with Gasteiger partial charge in [-0.25, -0.2) is 4.98 Å². The van der Waals surface area contributed by atoms with Crippen LogP contribution in [0.5, 0.6) is 0 Å². The highest BCUT2D eigenvalue weighted by molar-refractivity contribution is 9.10. The summed E-state index contributed by atoms with van der Waals surface area (Å²) in [6, 6.07) is 0. The van der Waals surface area contributed by atoms with Gasteiger partial charge in [-0.15, -0.1) is 0 Å². The minimum absolute atomic E-state index is 0.703. The zero-order chi connectivity index (χ0) is 8.72. The van der Waals surface area contributed by atoms with Crippen LogP contribution in [0.2, 0.25) is 5.02 Å². The quantitative estimate of drug-likeness (QED) is 0.697. The Balaban J connectivity index is 2.94. The first kappa shape index (κ1) is 8.08. The molecule has 0 aromatic carbocycles. The van der Waals surface area contributed by atoms with Gasteiger partial charge in [0, 0.05) is 23.1 Å². The van der Waals surface area contributed by atoms with Gasteiger partial charge in [0.05, 0.1) is 5.02 Å². The molecule has 0 spiro atoms. The predicted octanol–water partition coefficient (Wildman–Crippen LogP) is 3.06. The normalized spacial score (nSPS) is 10.9. The second-order valence-electron chi connectivity index (χ2n) is 2.57. The van der Waals surface area contributed by atoms with Gasteiger partial charge in [-0.2, -0.15) is 0 Å². The Morgan fingerprint density at radius 3 is 3.08 bits per heavy atom. The lowest BCUT2D eigenvalue weighted by molar-refractivity contribution is 1.16. The molecule has 0 saturated carbocycles. The van der Waals surface area contributed by atoms with Gasteiger partial charge in [-0.3, -0.25) is 0 Å². The molecule has 0 atom stereocenters. The van der Waals surface area contributed by atoms with Gasteiger partial charge >= 0.3 is 0 Å². The van der Waals surface area contributed by atoms with Crippen molar-refractivity contribution in [3.05, 3.63) is 33.6 Å². The average Bonchev–Trinajstić information content (AvgIpc) is 2.48. The molecule has 2 rings (SSSR count). The minimum Gasteiger partial charge on any atom is -0.305 e. The minimum atomic E-state index is 0.703. The number of aromatic nitrogens is 2. The number of fused-ring (bicyclic) bond motifs is 1. The molecule has 0 aliphatic heterocycles. The van der Waals surface area contributed by atoms with E-state index in [1.807, 2.05) is 23.7 Å². The fourth-order valence-electron chi connectivity index (χ4n) is 1.08. The van der Waals surface area contributed by atoms with Gasteiger partial charge < -0.3 is 4.40 Å². The number of hydrogen-bond acceptors (Lipinski definition) is 1. The van der Waals surface area contributed by atoms with E-state index in [2.05, 4.69) is 20.9 Å². The monoisotopic (exact) mass is 244 g/mol. The number of halogens is 2. The third kappa shape index (κ3) is 1.04. The molecule has 0 fully saturated rings. The van der Waals surface area contributed by atoms with Crippen molar-refractivity contribution in [2.75, 3.05) is 0 Å². The predicted molar refractivity (Wildman–Crippen MR) is 52.6 cm³/mol. The van der Waals surface area contributed by atoms with E-state index in [-0.39, 0.29) is 0 Å². The molecule has 2 nitrogen and oxygen atoms in total. The van der Waals surface area contributed by atoms with E-state index in [9.17, 15) is 0 Å². The summed E-state index contributed by atoms with van der Waals surface area (Å²) < 4.78 is 2.89. The van der Waals surface area contributed by atoms with E-state index in [0.29, 0.717) is 5.02 Å². The Hall–Kier alpha value is -0.540. The molecule has 0 unspecified atom stereocenters. The van der Waals surface area contributed by atoms with Crippen molar-refractivity contribution in [3.63, 3.8) is 0 Å². The molecule has 0 bridgehead atoms. The van der Waals surface area contributed by atoms with Crippen molar-refractivity contribution >= 4 is 33.2 Å². The van der Waals surface area contributed by atoms with Gasteiger partial charge in [0.2, 0.25) is 0 Å². The molecule has 0 N–H and O–H groups in total. The fourth-order valence-corrected chi connectivity index (χ4v) is 1.86. The van der Waals surface area contributed by atoms with E-state index in [0.717, 1.165) is 15.7 Å². The van der Waals surface area contributed by atoms with Gasteiger partial charge in [-0.05, 0) is 28.4 Å². The maximum absolute atomic E-state index is 6.06. The van der Waals surface area contributed by atoms with Crippen molar-refractivity contribution in [1.29, 1.82) is 0 Å². The second kappa shape index (κ2) is 2.75. The molecule has 2 heterocycles. The standard InChI is InChI=1S/C8H6BrClN2/c1-5-6(9)4-12-3-2-11-8(12)7(5)10/h2-4H,1H3. The number of rotatable bonds is 0. The topological polar surface area (TPSA) is 17.3 Å². The first-order valence-corrected chi connectivity index (χ1v) is 4.64. The van der Waals surface area contributed by atoms with E-state index in [4.69, 9.17) is 11.6 Å². The van der Waals surface area contributed by atoms with Crippen LogP contribution in [0.25, 0.3) is 5.65 Å². The molecule has 2 aromatic rings. The zero-order valence-corrected chi connectivity index (χ0v) is 8.72. The summed E-state index contributed by atoms with van der Waals surface area (Å²) >= 11 is 9.48. The first-order valence-electron chi connectivity index (χ1n) is 3.47. The molecule has 2 aromatic heterocycles. The van der Waals surface area contributed by atoms with Crippen molar-refractivity contribution in [2.45, 2.75) is 6.92 Å². The van der Waals surface area contributed by atoms with Crippen LogP contribution in [0.4, 0.5) is 0 Å². The summed E-state index contributed by atoms with van der Waals surface area (Å²) in [5, 5.41) is 0.703. The van der Waals surface area contributed by atoms with Crippen molar-refractivity contribution < 1.29 is 0 Å². The molecular formula is C8H6BrClN2. The van der Waals surface area contributed by atoms with Crippen LogP contribution < -0.4 is 0 Å². The lowest BCUT2D eigenvalue weighted by atomic mass is 10.3. The molecule has 0 amide bonds. The molecule has 4 heteroatoms. The number of nitrogens with zero attached hydrogens (tertiary/aromatic N) is 2. The summed E-state index contributed by atoms with van der Waals surface area (Å²) in [5.41, 5.74) is 1.83. The van der Waals surface area contributed by atoms with E-state index in [1.165, 1.54) is 0 Å². The zero-order valence-electron chi connectivity index (χ0n) is 6.38. The molecule has 62 valence electrons. The van der Waals surface area contributed by atoms with Crippen molar-refractivity contribution in [3.8, 4) is 0 Å². The van der Waals surface area contributed by atoms with Gasteiger partial charge in [0.1, 0.15) is 0 Å². The summed E-state index contributed by atoms with van der Waals surface area (Å²) in [6.07, 6.45) is 5.54. The maximum atomic E-state index is 6.06. The molecule has 0 aliphatic rings. The third-order valence-electron chi connectivity index (χ3n) is 1.80. The number of imidazole rings is 1. The van der Waals surface area contributed by atoms with E-state index in [1.54, 1.807) is 6.20 Å². The summed E-state index contributed by atoms with van der Waals surface area (Å²) in [5.74, 6) is 0. The van der Waals surface area contributed by atoms with Crippen LogP contribution in [-0.2, 0) is 0 Å². The van der Waals surface area contributed by atoms with Gasteiger partial charge in [0.15, 0.2) is 5.65 Å². The fraction of sp³-hybridized carbons (Fsp3) is 0.125. The average molecular weight is 246 g/mol. The van der Waals surface area contributed by atoms with Crippen LogP contribution in [-0.4, -0.2) is 9.38 Å². The Labute approximate surface area is 83.3 Å². The van der Waals surface area contributed by atoms with Gasteiger partial charge in [-0.1, -0.05) is 11.6 Å². The maximum Gasteiger partial charge on any atom is 0.155 e. The summed E-state index contributed by atoms with van der Waals surface area (Å²) in [6.45, 7) is 1.96. The molecule has 0 saturated heterocycles. The van der Waals surface area contributed by atoms with Gasteiger partial charge in [0.25, 0.3) is 0 Å². The highest BCUT2D eigenvalue weighted by Crippen LogP contribution is 2.26. The lowest BCUT2D eigenvalue weighted by Crippen LogP contribution is -1.88. The van der Waals surface area contributed by atoms with Crippen LogP contribution in [0.3, 0.4) is 0 Å². The highest BCUT2D eigenvalue weighted by atomic mass is 79.9. The SMILES string of the molecule is Cc1c(Br)cn2ccnc2c1Cl. The third-order valence-corrected chi connectivity index (χ3v) is 3.06. The first-order chi connectivity index (χ1) is 5.70. The lowest BCUT2D eigenvalue weighted by Gasteiger charge is -2.02. The molecule has 0 radical (unpaired) electrons. The Bertz CT molecular complexity index is 436. The second-order valence-corrected chi connectivity index (χ2v) is 3.81. The number of pyridine rings is 1. The van der Waals surface area contributed by atoms with E-state index >= 15 is 0 Å². The van der Waals surface area contributed by atoms with Crippen molar-refractivity contribution in [1.82, 2.24) is 9.38 Å². The number of hydrogen-bond donors (Lipinski definition) is 0. The van der Waals surface area contributed by atoms with Crippen LogP contribution in [0, 0.1) is 6.92 Å². The van der Waals surface area contributed by atoms with Crippen LogP contribution >= 0.6 is 27.5 Å². The van der Waals surface area contributed by atoms with Crippen LogP contribution in [0.1, 0.15) is 5.56 Å². The Kier molecular flexibility index (Phi) is 1.85. The smallest absolute Gasteiger partial charge is 0.155 e. The van der Waals surface area contributed by atoms with Crippen molar-refractivity contribution in [2.24, 2.45) is 0 Å². The largest absolute Gasteiger partial charge is 0.305 e. The summed E-state index contributed by atoms with van der Waals surface area (Å²) in [7, 11) is 0. The van der Waals surface area contributed by atoms with Crippen LogP contribution in [0.15, 0.2) is 23.1 Å². The summed E-state index contributed by atoms with van der Waals surface area (Å²) in [4.78, 5) is 4.13. The van der Waals surface area contributed by atoms with E-state index < -0.39 is 0 Å².